The molecule has 0 unspecified atom stereocenters. The first-order valence-corrected chi connectivity index (χ1v) is 13.7. The van der Waals surface area contributed by atoms with Gasteiger partial charge in [-0.2, -0.15) is 0 Å². The Kier molecular flexibility index (Phi) is 4.97. The summed E-state index contributed by atoms with van der Waals surface area (Å²) < 4.78 is 130. The monoisotopic (exact) mass is 586 g/mol. The first kappa shape index (κ1) is 17.5. The third-order valence-corrected chi connectivity index (χ3v) is 7.68. The van der Waals surface area contributed by atoms with E-state index in [0.29, 0.717) is 11.1 Å². The molecule has 41 heavy (non-hydrogen) atoms. The summed E-state index contributed by atoms with van der Waals surface area (Å²) in [7, 11) is -1.38. The van der Waals surface area contributed by atoms with Crippen LogP contribution in [0.3, 0.4) is 0 Å². The lowest BCUT2D eigenvalue weighted by atomic mass is 10.0. The van der Waals surface area contributed by atoms with Crippen molar-refractivity contribution in [3.8, 4) is 5.75 Å². The fourth-order valence-electron chi connectivity index (χ4n) is 4.24. The highest BCUT2D eigenvalue weighted by Gasteiger charge is 2.22. The number of hydrogen-bond acceptors (Lipinski definition) is 6. The maximum atomic E-state index is 13.0. The molecule has 3 aromatic carbocycles. The second kappa shape index (κ2) is 11.7. The van der Waals surface area contributed by atoms with Gasteiger partial charge in [0.25, 0.3) is 15.9 Å². The molecule has 1 saturated carbocycles. The number of aromatic nitrogens is 1. The van der Waals surface area contributed by atoms with Crippen molar-refractivity contribution in [2.75, 3.05) is 12.4 Å². The Bertz CT molecular complexity index is 2200. The summed E-state index contributed by atoms with van der Waals surface area (Å²) in [5.41, 5.74) is 0.660. The van der Waals surface area contributed by atoms with E-state index < -0.39 is 60.0 Å². The Labute approximate surface area is 255 Å². The van der Waals surface area contributed by atoms with Crippen molar-refractivity contribution >= 4 is 38.6 Å². The zero-order chi connectivity index (χ0) is 39.0. The maximum Gasteiger partial charge on any atom is 0.411 e. The quantitative estimate of drug-likeness (QED) is 0.274. The number of amides is 2. The minimum Gasteiger partial charge on any atom is -0.496 e. The first-order valence-electron chi connectivity index (χ1n) is 17.7. The third kappa shape index (κ3) is 6.22. The van der Waals surface area contributed by atoms with Crippen LogP contribution in [0.5, 0.6) is 5.75 Å². The van der Waals surface area contributed by atoms with Crippen LogP contribution in [0.2, 0.25) is 0 Å². The number of carbonyl (C=O) groups is 2. The van der Waals surface area contributed by atoms with E-state index in [1.165, 1.54) is 61.8 Å². The number of ether oxygens (including phenoxy) is 2. The van der Waals surface area contributed by atoms with Crippen molar-refractivity contribution in [1.82, 2.24) is 9.29 Å². The minimum absolute atomic E-state index is 0.0430. The highest BCUT2D eigenvalue weighted by atomic mass is 32.2. The molecule has 214 valence electrons. The fourth-order valence-corrected chi connectivity index (χ4v) is 5.46. The summed E-state index contributed by atoms with van der Waals surface area (Å²) in [6, 6.07) is 13.9. The molecule has 5 rings (SSSR count). The van der Waals surface area contributed by atoms with Gasteiger partial charge in [-0.05, 0) is 85.5 Å². The number of carbonyl (C=O) groups excluding carboxylic acids is 2. The van der Waals surface area contributed by atoms with Gasteiger partial charge in [0.1, 0.15) is 11.8 Å². The molecule has 1 heterocycles. The molecule has 0 saturated heterocycles. The first-order chi connectivity index (χ1) is 23.8. The SMILES string of the molecule is [2H]C([2H])(c1ccc(C(=O)NS(=O)(=O)c2ccccc2C)cc1OC)c1cn(C)c2ccc(NC(=O)OC3([2H])C([2H])([2H])C([2H])([2H])C([2H])([2H])C3([2H])[2H])cc12. The van der Waals surface area contributed by atoms with Crippen LogP contribution in [-0.2, 0) is 28.2 Å². The smallest absolute Gasteiger partial charge is 0.411 e. The standard InChI is InChI=1S/C31H33N3O6S/c1-20-8-4-7-11-29(20)41(37,38)33-30(35)22-13-12-21(28(17-22)39-3)16-23-19-34(2)27-15-14-24(18-26(23)27)32-31(36)40-25-9-5-6-10-25/h4,7-8,11-15,17-19,25H,5-6,9-10,16H2,1-3H3,(H,32,36)(H,33,35)/i5D2,6D2,9D2,10D2,16D2,25D. The molecule has 1 aromatic heterocycles. The molecule has 1 fully saturated rings. The fraction of sp³-hybridized carbons (Fsp3) is 0.290. The van der Waals surface area contributed by atoms with E-state index in [2.05, 4.69) is 5.32 Å². The molecule has 0 bridgehead atoms. The highest BCUT2D eigenvalue weighted by molar-refractivity contribution is 7.90. The van der Waals surface area contributed by atoms with Gasteiger partial charge in [-0.15, -0.1) is 0 Å². The summed E-state index contributed by atoms with van der Waals surface area (Å²) in [5, 5.41) is 2.45. The van der Waals surface area contributed by atoms with Crippen molar-refractivity contribution in [2.24, 2.45) is 7.05 Å². The number of rotatable bonds is 8. The number of nitrogens with zero attached hydrogens (tertiary/aromatic N) is 1. The van der Waals surface area contributed by atoms with Crippen LogP contribution in [-0.4, -0.2) is 38.2 Å². The van der Waals surface area contributed by atoms with Gasteiger partial charge in [0.15, 0.2) is 0 Å². The van der Waals surface area contributed by atoms with Crippen molar-refractivity contribution in [2.45, 2.75) is 49.8 Å². The minimum atomic E-state index is -4.24. The molecule has 0 spiro atoms. The molecular formula is C31H33N3O6S. The number of fused-ring (bicyclic) bond motifs is 1. The lowest BCUT2D eigenvalue weighted by Crippen LogP contribution is -2.31. The molecule has 0 aliphatic heterocycles. The second-order valence-corrected chi connectivity index (χ2v) is 10.6. The Morgan fingerprint density at radius 1 is 1.10 bits per heavy atom. The summed E-state index contributed by atoms with van der Waals surface area (Å²) >= 11 is 0. The number of hydrogen-bond donors (Lipinski definition) is 2. The van der Waals surface area contributed by atoms with Gasteiger partial charge in [0, 0.05) is 55.5 Å². The lowest BCUT2D eigenvalue weighted by Gasteiger charge is -2.13. The second-order valence-electron chi connectivity index (χ2n) is 8.97. The molecule has 1 aliphatic carbocycles. The molecule has 2 N–H and O–H groups in total. The molecule has 1 aliphatic rings. The number of aryl methyl sites for hydroxylation is 2. The summed E-state index contributed by atoms with van der Waals surface area (Å²) in [6.45, 7) is 1.58. The Morgan fingerprint density at radius 3 is 2.59 bits per heavy atom. The Balaban J connectivity index is 1.45. The average molecular weight is 587 g/mol. The van der Waals surface area contributed by atoms with Crippen molar-refractivity contribution in [1.29, 1.82) is 0 Å². The van der Waals surface area contributed by atoms with E-state index in [9.17, 15) is 18.0 Å². The van der Waals surface area contributed by atoms with Gasteiger partial charge >= 0.3 is 6.09 Å². The van der Waals surface area contributed by atoms with Crippen LogP contribution < -0.4 is 14.8 Å². The number of benzene rings is 3. The lowest BCUT2D eigenvalue weighted by molar-refractivity contribution is 0.0980. The number of nitrogens with one attached hydrogen (secondary N) is 2. The molecule has 2 amide bonds. The van der Waals surface area contributed by atoms with Crippen LogP contribution >= 0.6 is 0 Å². The van der Waals surface area contributed by atoms with Crippen LogP contribution in [0.1, 0.15) is 67.6 Å². The Hall–Kier alpha value is -4.31. The topological polar surface area (TPSA) is 116 Å². The van der Waals surface area contributed by atoms with Crippen molar-refractivity contribution in [3.63, 3.8) is 0 Å². The van der Waals surface area contributed by atoms with Gasteiger partial charge in [0.2, 0.25) is 0 Å². The van der Waals surface area contributed by atoms with Crippen LogP contribution in [0, 0.1) is 6.92 Å². The predicted molar refractivity (Wildman–Crippen MR) is 157 cm³/mol. The zero-order valence-corrected chi connectivity index (χ0v) is 23.0. The number of sulfonamides is 1. The molecule has 9 nitrogen and oxygen atoms in total. The van der Waals surface area contributed by atoms with Crippen LogP contribution in [0.15, 0.2) is 71.8 Å². The van der Waals surface area contributed by atoms with E-state index in [1.54, 1.807) is 30.7 Å². The Morgan fingerprint density at radius 2 is 1.85 bits per heavy atom. The van der Waals surface area contributed by atoms with Gasteiger partial charge in [0.05, 0.1) is 13.4 Å². The predicted octanol–water partition coefficient (Wildman–Crippen LogP) is 5.70. The van der Waals surface area contributed by atoms with Gasteiger partial charge < -0.3 is 14.0 Å². The van der Waals surface area contributed by atoms with Crippen LogP contribution in [0.25, 0.3) is 10.9 Å². The summed E-state index contributed by atoms with van der Waals surface area (Å²) in [4.78, 5) is 25.9. The summed E-state index contributed by atoms with van der Waals surface area (Å²) in [5.74, 6) is -1.08. The van der Waals surface area contributed by atoms with Crippen molar-refractivity contribution in [3.05, 3.63) is 89.1 Å². The van der Waals surface area contributed by atoms with Gasteiger partial charge in [-0.25, -0.2) is 17.9 Å². The van der Waals surface area contributed by atoms with Crippen molar-refractivity contribution < 1.29 is 42.6 Å². The zero-order valence-electron chi connectivity index (χ0n) is 33.2. The molecular weight excluding hydrogens is 542 g/mol. The van der Waals surface area contributed by atoms with E-state index in [0.717, 1.165) is 0 Å². The third-order valence-electron chi connectivity index (χ3n) is 6.19. The maximum absolute atomic E-state index is 13.0. The molecule has 10 heteroatoms. The van der Waals surface area contributed by atoms with E-state index in [1.807, 2.05) is 4.72 Å². The number of methoxy groups -OCH3 is 1. The molecule has 4 aromatic rings. The molecule has 0 atom stereocenters. The normalized spacial score (nSPS) is 23.7. The highest BCUT2D eigenvalue weighted by Crippen LogP contribution is 2.30. The average Bonchev–Trinajstić information content (AvgIpc) is 3.41. The van der Waals surface area contributed by atoms with E-state index in [-0.39, 0.29) is 38.4 Å². The van der Waals surface area contributed by atoms with E-state index >= 15 is 0 Å². The van der Waals surface area contributed by atoms with Gasteiger partial charge in [-0.3, -0.25) is 10.1 Å². The van der Waals surface area contributed by atoms with Crippen LogP contribution in [0.4, 0.5) is 10.5 Å². The number of anilines is 1. The van der Waals surface area contributed by atoms with E-state index in [4.69, 9.17) is 24.6 Å². The summed E-state index contributed by atoms with van der Waals surface area (Å²) in [6.07, 6.45) is -20.6. The molecule has 0 radical (unpaired) electrons. The largest absolute Gasteiger partial charge is 0.496 e. The van der Waals surface area contributed by atoms with Gasteiger partial charge in [-0.1, -0.05) is 24.3 Å².